The van der Waals surface area contributed by atoms with Gasteiger partial charge in [-0.15, -0.1) is 0 Å². The molecule has 1 aromatic carbocycles. The summed E-state index contributed by atoms with van der Waals surface area (Å²) in [5.41, 5.74) is 9.20. The molecule has 3 heteroatoms. The molecule has 0 amide bonds. The Morgan fingerprint density at radius 2 is 2.19 bits per heavy atom. The van der Waals surface area contributed by atoms with Crippen molar-refractivity contribution in [2.45, 2.75) is 57.8 Å². The van der Waals surface area contributed by atoms with Crippen molar-refractivity contribution >= 4 is 11.7 Å². The number of unbranched alkanes of at least 4 members (excludes halogenated alkanes) is 2. The molecule has 21 heavy (non-hydrogen) atoms. The number of aryl methyl sites for hydroxylation is 1. The third kappa shape index (κ3) is 3.07. The lowest BCUT2D eigenvalue weighted by molar-refractivity contribution is -0.148. The molecular formula is C18H27NO2. The number of benzene rings is 1. The molecule has 1 aliphatic carbocycles. The number of anilines is 1. The van der Waals surface area contributed by atoms with Gasteiger partial charge in [0.1, 0.15) is 0 Å². The molecule has 0 heterocycles. The molecule has 1 aliphatic rings. The minimum absolute atomic E-state index is 0.0614. The zero-order valence-corrected chi connectivity index (χ0v) is 13.4. The van der Waals surface area contributed by atoms with E-state index in [1.807, 2.05) is 6.07 Å². The number of carbonyl (C=O) groups excluding carboxylic acids is 1. The van der Waals surface area contributed by atoms with E-state index in [2.05, 4.69) is 26.0 Å². The highest BCUT2D eigenvalue weighted by Gasteiger charge is 2.44. The molecule has 0 radical (unpaired) electrons. The highest BCUT2D eigenvalue weighted by atomic mass is 16.5. The largest absolute Gasteiger partial charge is 0.469 e. The van der Waals surface area contributed by atoms with E-state index < -0.39 is 0 Å². The molecule has 0 aromatic heterocycles. The van der Waals surface area contributed by atoms with E-state index in [0.29, 0.717) is 0 Å². The molecular weight excluding hydrogens is 262 g/mol. The molecule has 0 aliphatic heterocycles. The Balaban J connectivity index is 2.40. The van der Waals surface area contributed by atoms with Crippen molar-refractivity contribution in [3.8, 4) is 0 Å². The van der Waals surface area contributed by atoms with Crippen LogP contribution in [0.25, 0.3) is 0 Å². The molecule has 2 atom stereocenters. The van der Waals surface area contributed by atoms with Crippen molar-refractivity contribution in [1.29, 1.82) is 0 Å². The SMILES string of the molecule is CCCCC[C@]1(C)c2cc(N)ccc2CC[C@H]1C(=O)OC. The minimum Gasteiger partial charge on any atom is -0.469 e. The first-order valence-corrected chi connectivity index (χ1v) is 7.99. The van der Waals surface area contributed by atoms with Crippen LogP contribution in [0.5, 0.6) is 0 Å². The van der Waals surface area contributed by atoms with E-state index in [9.17, 15) is 4.79 Å². The van der Waals surface area contributed by atoms with E-state index in [-0.39, 0.29) is 17.3 Å². The first-order valence-electron chi connectivity index (χ1n) is 7.99. The summed E-state index contributed by atoms with van der Waals surface area (Å²) in [4.78, 5) is 12.3. The van der Waals surface area contributed by atoms with Crippen molar-refractivity contribution < 1.29 is 9.53 Å². The number of esters is 1. The van der Waals surface area contributed by atoms with Gasteiger partial charge in [-0.25, -0.2) is 0 Å². The fraction of sp³-hybridized carbons (Fsp3) is 0.611. The topological polar surface area (TPSA) is 52.3 Å². The van der Waals surface area contributed by atoms with Crippen molar-refractivity contribution in [3.05, 3.63) is 29.3 Å². The zero-order chi connectivity index (χ0) is 15.5. The Morgan fingerprint density at radius 3 is 2.86 bits per heavy atom. The second-order valence-corrected chi connectivity index (χ2v) is 6.41. The first kappa shape index (κ1) is 15.9. The summed E-state index contributed by atoms with van der Waals surface area (Å²) in [5, 5.41) is 0. The number of nitrogens with two attached hydrogens (primary N) is 1. The molecule has 116 valence electrons. The highest BCUT2D eigenvalue weighted by molar-refractivity contribution is 5.75. The first-order chi connectivity index (χ1) is 10.0. The van der Waals surface area contributed by atoms with Crippen molar-refractivity contribution in [2.24, 2.45) is 5.92 Å². The number of methoxy groups -OCH3 is 1. The predicted molar refractivity (Wildman–Crippen MR) is 86.2 cm³/mol. The number of carbonyl (C=O) groups is 1. The number of ether oxygens (including phenoxy) is 1. The number of hydrogen-bond donors (Lipinski definition) is 1. The molecule has 0 saturated carbocycles. The Labute approximate surface area is 127 Å². The molecule has 1 aromatic rings. The maximum Gasteiger partial charge on any atom is 0.309 e. The third-order valence-electron chi connectivity index (χ3n) is 5.01. The van der Waals surface area contributed by atoms with Gasteiger partial charge < -0.3 is 10.5 Å². The Hall–Kier alpha value is -1.51. The van der Waals surface area contributed by atoms with Crippen LogP contribution < -0.4 is 5.73 Å². The molecule has 0 unspecified atom stereocenters. The van der Waals surface area contributed by atoms with Gasteiger partial charge in [-0.1, -0.05) is 39.2 Å². The van der Waals surface area contributed by atoms with Gasteiger partial charge in [0.05, 0.1) is 13.0 Å². The molecule has 2 N–H and O–H groups in total. The number of rotatable bonds is 5. The van der Waals surface area contributed by atoms with E-state index in [0.717, 1.165) is 31.4 Å². The second-order valence-electron chi connectivity index (χ2n) is 6.41. The predicted octanol–water partition coefficient (Wildman–Crippen LogP) is 3.84. The van der Waals surface area contributed by atoms with Crippen LogP contribution >= 0.6 is 0 Å². The van der Waals surface area contributed by atoms with Crippen LogP contribution in [0.15, 0.2) is 18.2 Å². The summed E-state index contributed by atoms with van der Waals surface area (Å²) in [5.74, 6) is -0.143. The summed E-state index contributed by atoms with van der Waals surface area (Å²) in [6.07, 6.45) is 6.32. The van der Waals surface area contributed by atoms with Gasteiger partial charge in [0.2, 0.25) is 0 Å². The Kier molecular flexibility index (Phi) is 4.92. The number of fused-ring (bicyclic) bond motifs is 1. The van der Waals surface area contributed by atoms with Crippen LogP contribution in [-0.4, -0.2) is 13.1 Å². The normalized spacial score (nSPS) is 24.4. The van der Waals surface area contributed by atoms with Gasteiger partial charge in [-0.3, -0.25) is 4.79 Å². The van der Waals surface area contributed by atoms with E-state index in [1.54, 1.807) is 0 Å². The summed E-state index contributed by atoms with van der Waals surface area (Å²) in [7, 11) is 1.49. The van der Waals surface area contributed by atoms with E-state index in [4.69, 9.17) is 10.5 Å². The van der Waals surface area contributed by atoms with Crippen molar-refractivity contribution in [2.75, 3.05) is 12.8 Å². The zero-order valence-electron chi connectivity index (χ0n) is 13.4. The van der Waals surface area contributed by atoms with Gasteiger partial charge in [0, 0.05) is 11.1 Å². The second kappa shape index (κ2) is 6.50. The minimum atomic E-state index is -0.161. The van der Waals surface area contributed by atoms with Crippen LogP contribution in [0.4, 0.5) is 5.69 Å². The smallest absolute Gasteiger partial charge is 0.309 e. The molecule has 0 saturated heterocycles. The fourth-order valence-corrected chi connectivity index (χ4v) is 3.72. The van der Waals surface area contributed by atoms with Crippen molar-refractivity contribution in [1.82, 2.24) is 0 Å². The lowest BCUT2D eigenvalue weighted by Gasteiger charge is -2.42. The van der Waals surface area contributed by atoms with Crippen LogP contribution in [0.1, 0.15) is 57.1 Å². The van der Waals surface area contributed by atoms with Gasteiger partial charge in [0.25, 0.3) is 0 Å². The molecule has 0 spiro atoms. The quantitative estimate of drug-likeness (QED) is 0.509. The summed E-state index contributed by atoms with van der Waals surface area (Å²) >= 11 is 0. The molecule has 3 nitrogen and oxygen atoms in total. The number of nitrogen functional groups attached to an aromatic ring is 1. The fourth-order valence-electron chi connectivity index (χ4n) is 3.72. The summed E-state index contributed by atoms with van der Waals surface area (Å²) < 4.78 is 5.07. The maximum atomic E-state index is 12.3. The van der Waals surface area contributed by atoms with Crippen LogP contribution in [0.2, 0.25) is 0 Å². The molecule has 2 rings (SSSR count). The summed E-state index contributed by atoms with van der Waals surface area (Å²) in [6, 6.07) is 6.15. The number of hydrogen-bond acceptors (Lipinski definition) is 3. The van der Waals surface area contributed by atoms with Gasteiger partial charge in [-0.2, -0.15) is 0 Å². The molecule has 0 bridgehead atoms. The van der Waals surface area contributed by atoms with E-state index >= 15 is 0 Å². The van der Waals surface area contributed by atoms with Crippen LogP contribution in [0.3, 0.4) is 0 Å². The van der Waals surface area contributed by atoms with E-state index in [1.165, 1.54) is 31.1 Å². The Bertz CT molecular complexity index is 512. The average Bonchev–Trinajstić information content (AvgIpc) is 2.48. The Morgan fingerprint density at radius 1 is 1.43 bits per heavy atom. The van der Waals surface area contributed by atoms with Crippen LogP contribution in [-0.2, 0) is 21.4 Å². The third-order valence-corrected chi connectivity index (χ3v) is 5.01. The maximum absolute atomic E-state index is 12.3. The van der Waals surface area contributed by atoms with Gasteiger partial charge >= 0.3 is 5.97 Å². The lowest BCUT2D eigenvalue weighted by Crippen LogP contribution is -2.42. The van der Waals surface area contributed by atoms with Gasteiger partial charge in [-0.05, 0) is 42.5 Å². The highest BCUT2D eigenvalue weighted by Crippen LogP contribution is 2.46. The van der Waals surface area contributed by atoms with Crippen LogP contribution in [0, 0.1) is 5.92 Å². The van der Waals surface area contributed by atoms with Gasteiger partial charge in [0.15, 0.2) is 0 Å². The molecule has 0 fully saturated rings. The standard InChI is InChI=1S/C18H27NO2/c1-4-5-6-11-18(2)15(17(20)21-3)10-8-13-7-9-14(19)12-16(13)18/h7,9,12,15H,4-6,8,10-11,19H2,1-3H3/t15-,18-/m0/s1. The van der Waals surface area contributed by atoms with Crippen molar-refractivity contribution in [3.63, 3.8) is 0 Å². The lowest BCUT2D eigenvalue weighted by atomic mass is 9.62. The summed E-state index contributed by atoms with van der Waals surface area (Å²) in [6.45, 7) is 4.41. The monoisotopic (exact) mass is 289 g/mol. The average molecular weight is 289 g/mol.